The molecule has 2 heterocycles. The number of nitrogens with zero attached hydrogens (tertiary/aromatic N) is 2. The zero-order chi connectivity index (χ0) is 19.7. The van der Waals surface area contributed by atoms with Crippen LogP contribution in [0.5, 0.6) is 0 Å². The molecule has 4 rings (SSSR count). The normalized spacial score (nSPS) is 28.3. The van der Waals surface area contributed by atoms with E-state index in [4.69, 9.17) is 0 Å². The van der Waals surface area contributed by atoms with Gasteiger partial charge in [-0.3, -0.25) is 0 Å². The number of imidazole rings is 1. The van der Waals surface area contributed by atoms with Crippen LogP contribution in [0.25, 0.3) is 0 Å². The van der Waals surface area contributed by atoms with Gasteiger partial charge in [-0.05, 0) is 42.7 Å². The molecule has 1 aromatic carbocycles. The van der Waals surface area contributed by atoms with Crippen molar-refractivity contribution in [2.24, 2.45) is 0 Å². The first kappa shape index (κ1) is 19.6. The molecule has 0 spiro atoms. The van der Waals surface area contributed by atoms with Crippen LogP contribution in [0.2, 0.25) is 0 Å². The van der Waals surface area contributed by atoms with Crippen molar-refractivity contribution in [1.29, 1.82) is 0 Å². The number of fused-ring (bicyclic) bond motifs is 1. The summed E-state index contributed by atoms with van der Waals surface area (Å²) >= 11 is 0. The maximum absolute atomic E-state index is 10.2. The molecule has 4 atom stereocenters. The van der Waals surface area contributed by atoms with Gasteiger partial charge >= 0.3 is 0 Å². The number of aliphatic hydroxyl groups excluding tert-OH is 4. The van der Waals surface area contributed by atoms with E-state index < -0.39 is 24.4 Å². The van der Waals surface area contributed by atoms with Crippen molar-refractivity contribution in [3.8, 4) is 0 Å². The van der Waals surface area contributed by atoms with Crippen molar-refractivity contribution in [1.82, 2.24) is 9.55 Å². The molecule has 2 aliphatic rings. The van der Waals surface area contributed by atoms with Gasteiger partial charge in [0.25, 0.3) is 0 Å². The molecular formula is C22H30N2O4. The largest absolute Gasteiger partial charge is 0.394 e. The predicted octanol–water partition coefficient (Wildman–Crippen LogP) is 2.02. The molecule has 0 saturated heterocycles. The highest BCUT2D eigenvalue weighted by Crippen LogP contribution is 2.34. The minimum atomic E-state index is -1.34. The number of aromatic nitrogens is 2. The molecule has 1 fully saturated rings. The van der Waals surface area contributed by atoms with E-state index in [1.807, 2.05) is 0 Å². The molecule has 1 aliphatic heterocycles. The third-order valence-electron chi connectivity index (χ3n) is 6.41. The Morgan fingerprint density at radius 2 is 1.64 bits per heavy atom. The van der Waals surface area contributed by atoms with Gasteiger partial charge in [0.15, 0.2) is 0 Å². The number of rotatable bonds is 5. The quantitative estimate of drug-likeness (QED) is 0.630. The van der Waals surface area contributed by atoms with Crippen molar-refractivity contribution in [2.45, 2.75) is 75.2 Å². The van der Waals surface area contributed by atoms with E-state index in [2.05, 4.69) is 29.2 Å². The highest BCUT2D eigenvalue weighted by molar-refractivity contribution is 5.26. The number of aliphatic hydroxyl groups is 4. The lowest BCUT2D eigenvalue weighted by Crippen LogP contribution is -2.46. The van der Waals surface area contributed by atoms with Crippen LogP contribution in [0.1, 0.15) is 72.8 Å². The van der Waals surface area contributed by atoms with E-state index in [1.54, 1.807) is 10.8 Å². The van der Waals surface area contributed by atoms with Gasteiger partial charge in [-0.25, -0.2) is 4.98 Å². The average molecular weight is 386 g/mol. The van der Waals surface area contributed by atoms with Gasteiger partial charge in [-0.15, -0.1) is 0 Å². The lowest BCUT2D eigenvalue weighted by molar-refractivity contribution is -0.108. The van der Waals surface area contributed by atoms with Gasteiger partial charge in [-0.1, -0.05) is 43.5 Å². The molecule has 28 heavy (non-hydrogen) atoms. The van der Waals surface area contributed by atoms with Crippen LogP contribution in [-0.2, 0) is 12.8 Å². The summed E-state index contributed by atoms with van der Waals surface area (Å²) in [5.74, 6) is 1.01. The van der Waals surface area contributed by atoms with E-state index in [9.17, 15) is 20.4 Å². The minimum absolute atomic E-state index is 0.305. The van der Waals surface area contributed by atoms with E-state index in [1.165, 1.54) is 43.2 Å². The first-order chi connectivity index (χ1) is 13.6. The van der Waals surface area contributed by atoms with Crippen molar-refractivity contribution >= 4 is 0 Å². The van der Waals surface area contributed by atoms with Gasteiger partial charge in [-0.2, -0.15) is 0 Å². The summed E-state index contributed by atoms with van der Waals surface area (Å²) in [5, 5.41) is 39.8. The Labute approximate surface area is 165 Å². The monoisotopic (exact) mass is 386 g/mol. The molecule has 2 aromatic rings. The first-order valence-electron chi connectivity index (χ1n) is 10.4. The molecule has 6 heteroatoms. The Balaban J connectivity index is 1.43. The Kier molecular flexibility index (Phi) is 5.83. The van der Waals surface area contributed by atoms with Crippen LogP contribution in [0.4, 0.5) is 0 Å². The third kappa shape index (κ3) is 3.74. The molecule has 6 nitrogen and oxygen atoms in total. The molecule has 152 valence electrons. The molecular weight excluding hydrogens is 356 g/mol. The maximum Gasteiger partial charge on any atom is 0.141 e. The Bertz CT molecular complexity index is 782. The van der Waals surface area contributed by atoms with E-state index in [-0.39, 0.29) is 6.61 Å². The fourth-order valence-corrected chi connectivity index (χ4v) is 4.66. The molecule has 1 aromatic heterocycles. The molecule has 1 aliphatic carbocycles. The molecule has 0 bridgehead atoms. The van der Waals surface area contributed by atoms with Crippen LogP contribution in [0, 0.1) is 0 Å². The summed E-state index contributed by atoms with van der Waals surface area (Å²) in [4.78, 5) is 4.45. The lowest BCUT2D eigenvalue weighted by atomic mass is 9.84. The van der Waals surface area contributed by atoms with E-state index in [0.29, 0.717) is 18.2 Å². The summed E-state index contributed by atoms with van der Waals surface area (Å²) in [6, 6.07) is 8.20. The van der Waals surface area contributed by atoms with Gasteiger partial charge < -0.3 is 25.0 Å². The molecule has 0 radical (unpaired) electrons. The second-order valence-electron chi connectivity index (χ2n) is 8.25. The summed E-state index contributed by atoms with van der Waals surface area (Å²) in [5.41, 5.74) is 3.47. The first-order valence-corrected chi connectivity index (χ1v) is 10.4. The van der Waals surface area contributed by atoms with Crippen molar-refractivity contribution in [3.05, 3.63) is 53.1 Å². The van der Waals surface area contributed by atoms with Crippen LogP contribution in [-0.4, -0.2) is 48.8 Å². The average Bonchev–Trinajstić information content (AvgIpc) is 3.16. The second kappa shape index (κ2) is 8.33. The molecule has 4 N–H and O–H groups in total. The standard InChI is InChI=1S/C22H30N2O4/c25-13-18-19(26)20(27)21(28)22-23-17(12-24(18)22)11-8-14-6-9-16(10-7-14)15-4-2-1-3-5-15/h6-7,9-10,12,15,18-21,25-28H,1-5,8,11,13H2/t18-,19-,20+,21-/m1/s1. The summed E-state index contributed by atoms with van der Waals surface area (Å²) in [6.45, 7) is -0.323. The fourth-order valence-electron chi connectivity index (χ4n) is 4.66. The lowest BCUT2D eigenvalue weighted by Gasteiger charge is -2.35. The van der Waals surface area contributed by atoms with E-state index >= 15 is 0 Å². The number of hydrogen-bond acceptors (Lipinski definition) is 5. The topological polar surface area (TPSA) is 98.7 Å². The van der Waals surface area contributed by atoms with Crippen molar-refractivity contribution in [2.75, 3.05) is 6.61 Å². The third-order valence-corrected chi connectivity index (χ3v) is 6.41. The van der Waals surface area contributed by atoms with Gasteiger partial charge in [0, 0.05) is 6.20 Å². The maximum atomic E-state index is 10.2. The minimum Gasteiger partial charge on any atom is -0.394 e. The zero-order valence-electron chi connectivity index (χ0n) is 16.1. The van der Waals surface area contributed by atoms with Crippen LogP contribution >= 0.6 is 0 Å². The van der Waals surface area contributed by atoms with E-state index in [0.717, 1.165) is 12.1 Å². The van der Waals surface area contributed by atoms with Gasteiger partial charge in [0.05, 0.1) is 18.3 Å². The number of benzene rings is 1. The summed E-state index contributed by atoms with van der Waals surface area (Å²) in [6.07, 6.45) is 6.11. The fraction of sp³-hybridized carbons (Fsp3) is 0.591. The zero-order valence-corrected chi connectivity index (χ0v) is 16.1. The Hall–Kier alpha value is -1.73. The summed E-state index contributed by atoms with van der Waals surface area (Å²) in [7, 11) is 0. The summed E-state index contributed by atoms with van der Waals surface area (Å²) < 4.78 is 1.60. The number of hydrogen-bond donors (Lipinski definition) is 4. The van der Waals surface area contributed by atoms with Crippen LogP contribution in [0.15, 0.2) is 30.5 Å². The van der Waals surface area contributed by atoms with Gasteiger partial charge in [0.2, 0.25) is 0 Å². The van der Waals surface area contributed by atoms with Crippen molar-refractivity contribution in [3.63, 3.8) is 0 Å². The highest BCUT2D eigenvalue weighted by Gasteiger charge is 2.41. The molecule has 0 unspecified atom stereocenters. The highest BCUT2D eigenvalue weighted by atomic mass is 16.4. The van der Waals surface area contributed by atoms with Crippen molar-refractivity contribution < 1.29 is 20.4 Å². The van der Waals surface area contributed by atoms with Crippen LogP contribution in [0.3, 0.4) is 0 Å². The second-order valence-corrected chi connectivity index (χ2v) is 8.25. The smallest absolute Gasteiger partial charge is 0.141 e. The molecule has 1 saturated carbocycles. The number of aryl methyl sites for hydroxylation is 2. The SMILES string of the molecule is OC[C@@H]1[C@@H](O)[C@H](O)[C@@H](O)c2nc(CCc3ccc(C4CCCCC4)cc3)cn21. The Morgan fingerprint density at radius 3 is 2.32 bits per heavy atom. The Morgan fingerprint density at radius 1 is 0.929 bits per heavy atom. The predicted molar refractivity (Wildman–Crippen MR) is 105 cm³/mol. The van der Waals surface area contributed by atoms with Crippen LogP contribution < -0.4 is 0 Å². The molecule has 0 amide bonds. The van der Waals surface area contributed by atoms with Gasteiger partial charge in [0.1, 0.15) is 24.1 Å².